The standard InChI is InChI=1S/C14H27N3O3/c1-10-7-11(9-12(15)8-10)14(19)17-4-3-13(18)16-5-6-20-2/h10-12H,3-9,15H2,1-2H3,(H,16,18)(H,17,19). The molecule has 6 heteroatoms. The number of hydrogen-bond donors (Lipinski definition) is 3. The summed E-state index contributed by atoms with van der Waals surface area (Å²) < 4.78 is 4.84. The molecule has 0 aromatic heterocycles. The average molecular weight is 285 g/mol. The average Bonchev–Trinajstić information content (AvgIpc) is 2.37. The Labute approximate surface area is 120 Å². The van der Waals surface area contributed by atoms with E-state index in [4.69, 9.17) is 10.5 Å². The van der Waals surface area contributed by atoms with Gasteiger partial charge in [0.2, 0.25) is 11.8 Å². The Morgan fingerprint density at radius 3 is 2.60 bits per heavy atom. The number of nitrogens with two attached hydrogens (primary N) is 1. The van der Waals surface area contributed by atoms with Crippen molar-refractivity contribution < 1.29 is 14.3 Å². The van der Waals surface area contributed by atoms with Gasteiger partial charge in [0.1, 0.15) is 0 Å². The molecule has 0 spiro atoms. The lowest BCUT2D eigenvalue weighted by molar-refractivity contribution is -0.126. The minimum Gasteiger partial charge on any atom is -0.383 e. The minimum atomic E-state index is -0.0731. The summed E-state index contributed by atoms with van der Waals surface area (Å²) in [5.74, 6) is 0.435. The molecule has 116 valence electrons. The first-order valence-corrected chi connectivity index (χ1v) is 7.31. The van der Waals surface area contributed by atoms with Gasteiger partial charge in [-0.05, 0) is 25.2 Å². The maximum Gasteiger partial charge on any atom is 0.223 e. The zero-order valence-corrected chi connectivity index (χ0v) is 12.5. The van der Waals surface area contributed by atoms with Gasteiger partial charge in [-0.3, -0.25) is 9.59 Å². The first-order valence-electron chi connectivity index (χ1n) is 7.31. The van der Waals surface area contributed by atoms with Crippen molar-refractivity contribution in [2.24, 2.45) is 17.6 Å². The molecule has 20 heavy (non-hydrogen) atoms. The van der Waals surface area contributed by atoms with Gasteiger partial charge in [0, 0.05) is 38.6 Å². The van der Waals surface area contributed by atoms with Crippen LogP contribution in [-0.2, 0) is 14.3 Å². The summed E-state index contributed by atoms with van der Waals surface area (Å²) in [5.41, 5.74) is 5.94. The Morgan fingerprint density at radius 2 is 1.95 bits per heavy atom. The van der Waals surface area contributed by atoms with E-state index in [0.717, 1.165) is 19.3 Å². The lowest BCUT2D eigenvalue weighted by atomic mass is 9.79. The van der Waals surface area contributed by atoms with Gasteiger partial charge in [0.05, 0.1) is 6.61 Å². The van der Waals surface area contributed by atoms with Gasteiger partial charge in [-0.25, -0.2) is 0 Å². The summed E-state index contributed by atoms with van der Waals surface area (Å²) in [6.45, 7) is 3.49. The number of ether oxygens (including phenoxy) is 1. The molecule has 3 unspecified atom stereocenters. The van der Waals surface area contributed by atoms with Crippen molar-refractivity contribution in [3.63, 3.8) is 0 Å². The summed E-state index contributed by atoms with van der Waals surface area (Å²) in [6.07, 6.45) is 2.92. The van der Waals surface area contributed by atoms with Crippen molar-refractivity contribution in [1.29, 1.82) is 0 Å². The molecule has 1 aliphatic rings. The fourth-order valence-corrected chi connectivity index (χ4v) is 2.70. The maximum absolute atomic E-state index is 12.0. The Balaban J connectivity index is 2.17. The highest BCUT2D eigenvalue weighted by Crippen LogP contribution is 2.27. The molecule has 0 aromatic carbocycles. The number of methoxy groups -OCH3 is 1. The molecular weight excluding hydrogens is 258 g/mol. The Kier molecular flexibility index (Phi) is 7.54. The number of nitrogens with one attached hydrogen (secondary N) is 2. The van der Waals surface area contributed by atoms with Crippen LogP contribution in [0.5, 0.6) is 0 Å². The van der Waals surface area contributed by atoms with Gasteiger partial charge >= 0.3 is 0 Å². The lowest BCUT2D eigenvalue weighted by Crippen LogP contribution is -2.41. The second-order valence-electron chi connectivity index (χ2n) is 5.65. The SMILES string of the molecule is COCCNC(=O)CCNC(=O)C1CC(C)CC(N)C1. The molecule has 0 aromatic rings. The number of rotatable bonds is 7. The summed E-state index contributed by atoms with van der Waals surface area (Å²) in [5, 5.41) is 5.54. The van der Waals surface area contributed by atoms with Crippen molar-refractivity contribution in [1.82, 2.24) is 10.6 Å². The molecule has 0 radical (unpaired) electrons. The first-order chi connectivity index (χ1) is 9.52. The lowest BCUT2D eigenvalue weighted by Gasteiger charge is -2.30. The van der Waals surface area contributed by atoms with Crippen molar-refractivity contribution in [3.05, 3.63) is 0 Å². The largest absolute Gasteiger partial charge is 0.383 e. The number of hydrogen-bond acceptors (Lipinski definition) is 4. The molecule has 0 heterocycles. The van der Waals surface area contributed by atoms with E-state index in [1.54, 1.807) is 7.11 Å². The molecule has 1 aliphatic carbocycles. The smallest absolute Gasteiger partial charge is 0.223 e. The molecule has 3 atom stereocenters. The fourth-order valence-electron chi connectivity index (χ4n) is 2.70. The molecule has 0 saturated heterocycles. The van der Waals surface area contributed by atoms with Crippen LogP contribution in [0.15, 0.2) is 0 Å². The first kappa shape index (κ1) is 16.9. The fraction of sp³-hybridized carbons (Fsp3) is 0.857. The van der Waals surface area contributed by atoms with Crippen LogP contribution < -0.4 is 16.4 Å². The zero-order valence-electron chi connectivity index (χ0n) is 12.5. The summed E-state index contributed by atoms with van der Waals surface area (Å²) in [7, 11) is 1.59. The topological polar surface area (TPSA) is 93.5 Å². The molecule has 0 aliphatic heterocycles. The van der Waals surface area contributed by atoms with E-state index in [9.17, 15) is 9.59 Å². The van der Waals surface area contributed by atoms with E-state index in [1.165, 1.54) is 0 Å². The Bertz CT molecular complexity index is 313. The highest BCUT2D eigenvalue weighted by atomic mass is 16.5. The van der Waals surface area contributed by atoms with E-state index in [0.29, 0.717) is 32.0 Å². The van der Waals surface area contributed by atoms with Crippen LogP contribution in [0, 0.1) is 11.8 Å². The highest BCUT2D eigenvalue weighted by molar-refractivity contribution is 5.80. The normalized spacial score (nSPS) is 26.1. The van der Waals surface area contributed by atoms with Crippen molar-refractivity contribution in [2.45, 2.75) is 38.6 Å². The third kappa shape index (κ3) is 6.34. The van der Waals surface area contributed by atoms with E-state index in [1.807, 2.05) is 0 Å². The van der Waals surface area contributed by atoms with Gasteiger partial charge < -0.3 is 21.1 Å². The molecule has 1 rings (SSSR count). The highest BCUT2D eigenvalue weighted by Gasteiger charge is 2.28. The zero-order chi connectivity index (χ0) is 15.0. The molecule has 6 nitrogen and oxygen atoms in total. The molecule has 1 fully saturated rings. The minimum absolute atomic E-state index is 0.00898. The molecule has 1 saturated carbocycles. The van der Waals surface area contributed by atoms with Crippen LogP contribution in [0.1, 0.15) is 32.6 Å². The van der Waals surface area contributed by atoms with Crippen LogP contribution in [0.4, 0.5) is 0 Å². The summed E-state index contributed by atoms with van der Waals surface area (Å²) >= 11 is 0. The number of amides is 2. The van der Waals surface area contributed by atoms with Gasteiger partial charge in [0.15, 0.2) is 0 Å². The van der Waals surface area contributed by atoms with Crippen LogP contribution in [0.25, 0.3) is 0 Å². The summed E-state index contributed by atoms with van der Waals surface area (Å²) in [4.78, 5) is 23.5. The van der Waals surface area contributed by atoms with Crippen molar-refractivity contribution in [3.8, 4) is 0 Å². The molecule has 0 bridgehead atoms. The van der Waals surface area contributed by atoms with Crippen LogP contribution >= 0.6 is 0 Å². The molecule has 4 N–H and O–H groups in total. The van der Waals surface area contributed by atoms with Crippen molar-refractivity contribution >= 4 is 11.8 Å². The van der Waals surface area contributed by atoms with E-state index in [-0.39, 0.29) is 23.8 Å². The predicted molar refractivity (Wildman–Crippen MR) is 77.0 cm³/mol. The van der Waals surface area contributed by atoms with Crippen LogP contribution in [0.3, 0.4) is 0 Å². The third-order valence-electron chi connectivity index (χ3n) is 3.63. The third-order valence-corrected chi connectivity index (χ3v) is 3.63. The van der Waals surface area contributed by atoms with E-state index in [2.05, 4.69) is 17.6 Å². The van der Waals surface area contributed by atoms with E-state index < -0.39 is 0 Å². The monoisotopic (exact) mass is 285 g/mol. The van der Waals surface area contributed by atoms with Gasteiger partial charge in [0.25, 0.3) is 0 Å². The Morgan fingerprint density at radius 1 is 1.20 bits per heavy atom. The quantitative estimate of drug-likeness (QED) is 0.575. The molecule has 2 amide bonds. The Hall–Kier alpha value is -1.14. The summed E-state index contributed by atoms with van der Waals surface area (Å²) in [6, 6.07) is 0.117. The second-order valence-corrected chi connectivity index (χ2v) is 5.65. The van der Waals surface area contributed by atoms with E-state index >= 15 is 0 Å². The van der Waals surface area contributed by atoms with Crippen LogP contribution in [-0.4, -0.2) is 44.7 Å². The van der Waals surface area contributed by atoms with Gasteiger partial charge in [-0.1, -0.05) is 6.92 Å². The van der Waals surface area contributed by atoms with Gasteiger partial charge in [-0.2, -0.15) is 0 Å². The number of carbonyl (C=O) groups is 2. The van der Waals surface area contributed by atoms with Crippen molar-refractivity contribution in [2.75, 3.05) is 26.8 Å². The molecular formula is C14H27N3O3. The van der Waals surface area contributed by atoms with Crippen LogP contribution in [0.2, 0.25) is 0 Å². The number of carbonyl (C=O) groups excluding carboxylic acids is 2. The predicted octanol–water partition coefficient (Wildman–Crippen LogP) is 0.0188. The maximum atomic E-state index is 12.0. The van der Waals surface area contributed by atoms with Gasteiger partial charge in [-0.15, -0.1) is 0 Å². The second kappa shape index (κ2) is 8.92.